The minimum atomic E-state index is -0.0748. The average molecular weight is 259 g/mol. The lowest BCUT2D eigenvalue weighted by molar-refractivity contribution is -0.117. The molecule has 2 N–H and O–H groups in total. The van der Waals surface area contributed by atoms with Crippen LogP contribution in [0, 0.1) is 5.92 Å². The van der Waals surface area contributed by atoms with Crippen LogP contribution in [0.3, 0.4) is 0 Å². The number of aliphatic hydroxyl groups is 1. The highest BCUT2D eigenvalue weighted by Gasteiger charge is 2.24. The van der Waals surface area contributed by atoms with Crippen LogP contribution >= 0.6 is 0 Å². The zero-order valence-electron chi connectivity index (χ0n) is 11.1. The summed E-state index contributed by atoms with van der Waals surface area (Å²) in [7, 11) is 0. The number of amides is 1. The van der Waals surface area contributed by atoms with Gasteiger partial charge in [-0.3, -0.25) is 4.79 Å². The Kier molecular flexibility index (Phi) is 5.16. The van der Waals surface area contributed by atoms with E-state index in [0.29, 0.717) is 0 Å². The lowest BCUT2D eigenvalue weighted by Crippen LogP contribution is -2.42. The summed E-state index contributed by atoms with van der Waals surface area (Å²) >= 11 is 0. The molecule has 0 bridgehead atoms. The Morgan fingerprint density at radius 3 is 2.74 bits per heavy atom. The molecule has 2 atom stereocenters. The Morgan fingerprint density at radius 2 is 2.00 bits per heavy atom. The van der Waals surface area contributed by atoms with Gasteiger partial charge in [0.25, 0.3) is 0 Å². The molecule has 0 aromatic heterocycles. The first-order valence-electron chi connectivity index (χ1n) is 6.94. The van der Waals surface area contributed by atoms with Gasteiger partial charge in [-0.1, -0.05) is 43.2 Å². The van der Waals surface area contributed by atoms with Crippen molar-refractivity contribution in [2.45, 2.75) is 31.7 Å². The largest absolute Gasteiger partial charge is 0.396 e. The fourth-order valence-electron chi connectivity index (χ4n) is 2.58. The number of nitrogens with one attached hydrogen (secondary N) is 1. The molecule has 1 aliphatic rings. The molecule has 102 valence electrons. The van der Waals surface area contributed by atoms with E-state index in [0.717, 1.165) is 31.2 Å². The van der Waals surface area contributed by atoms with Gasteiger partial charge in [-0.2, -0.15) is 0 Å². The second-order valence-electron chi connectivity index (χ2n) is 5.09. The third kappa shape index (κ3) is 4.21. The van der Waals surface area contributed by atoms with Crippen LogP contribution in [-0.2, 0) is 4.79 Å². The highest BCUT2D eigenvalue weighted by Crippen LogP contribution is 2.23. The summed E-state index contributed by atoms with van der Waals surface area (Å²) in [5.74, 6) is 0.136. The summed E-state index contributed by atoms with van der Waals surface area (Å²) in [6, 6.07) is 9.88. The van der Waals surface area contributed by atoms with Crippen LogP contribution in [0.1, 0.15) is 31.2 Å². The van der Waals surface area contributed by atoms with Crippen LogP contribution in [0.5, 0.6) is 0 Å². The fourth-order valence-corrected chi connectivity index (χ4v) is 2.58. The third-order valence-electron chi connectivity index (χ3n) is 3.70. The molecule has 0 saturated heterocycles. The molecule has 0 aliphatic heterocycles. The van der Waals surface area contributed by atoms with Gasteiger partial charge in [0.1, 0.15) is 0 Å². The van der Waals surface area contributed by atoms with E-state index in [-0.39, 0.29) is 24.5 Å². The molecule has 1 aromatic carbocycles. The first kappa shape index (κ1) is 13.8. The number of hydrogen-bond acceptors (Lipinski definition) is 2. The Labute approximate surface area is 114 Å². The van der Waals surface area contributed by atoms with Crippen molar-refractivity contribution in [3.05, 3.63) is 42.0 Å². The normalized spacial score (nSPS) is 23.4. The van der Waals surface area contributed by atoms with E-state index in [9.17, 15) is 9.90 Å². The maximum Gasteiger partial charge on any atom is 0.244 e. The molecule has 1 fully saturated rings. The Hall–Kier alpha value is -1.61. The quantitative estimate of drug-likeness (QED) is 0.816. The predicted octanol–water partition coefficient (Wildman–Crippen LogP) is 2.37. The maximum absolute atomic E-state index is 11.9. The van der Waals surface area contributed by atoms with Crippen molar-refractivity contribution < 1.29 is 9.90 Å². The van der Waals surface area contributed by atoms with Crippen LogP contribution in [-0.4, -0.2) is 23.7 Å². The molecule has 2 unspecified atom stereocenters. The molecule has 1 aliphatic carbocycles. The van der Waals surface area contributed by atoms with Crippen molar-refractivity contribution in [2.75, 3.05) is 6.61 Å². The standard InChI is InChI=1S/C16H21NO2/c18-12-14-8-4-5-9-15(14)17-16(19)11-10-13-6-2-1-3-7-13/h1-3,6-7,10-11,14-15,18H,4-5,8-9,12H2,(H,17,19)/b11-10+. The van der Waals surface area contributed by atoms with Crippen LogP contribution in [0.2, 0.25) is 0 Å². The van der Waals surface area contributed by atoms with Gasteiger partial charge in [0.2, 0.25) is 5.91 Å². The minimum absolute atomic E-state index is 0.0748. The summed E-state index contributed by atoms with van der Waals surface area (Å²) in [6.07, 6.45) is 7.63. The molecule has 19 heavy (non-hydrogen) atoms. The van der Waals surface area contributed by atoms with E-state index < -0.39 is 0 Å². The second kappa shape index (κ2) is 7.10. The average Bonchev–Trinajstić information content (AvgIpc) is 2.47. The summed E-state index contributed by atoms with van der Waals surface area (Å²) in [5.41, 5.74) is 1.01. The van der Waals surface area contributed by atoms with Crippen molar-refractivity contribution in [1.82, 2.24) is 5.32 Å². The van der Waals surface area contributed by atoms with Gasteiger partial charge >= 0.3 is 0 Å². The molecular weight excluding hydrogens is 238 g/mol. The smallest absolute Gasteiger partial charge is 0.244 e. The van der Waals surface area contributed by atoms with Crippen LogP contribution in [0.15, 0.2) is 36.4 Å². The zero-order chi connectivity index (χ0) is 13.5. The van der Waals surface area contributed by atoms with Crippen molar-refractivity contribution in [3.8, 4) is 0 Å². The number of rotatable bonds is 4. The molecule has 1 saturated carbocycles. The minimum Gasteiger partial charge on any atom is -0.396 e. The summed E-state index contributed by atoms with van der Waals surface area (Å²) in [4.78, 5) is 11.9. The van der Waals surface area contributed by atoms with Crippen molar-refractivity contribution in [2.24, 2.45) is 5.92 Å². The maximum atomic E-state index is 11.9. The van der Waals surface area contributed by atoms with Crippen molar-refractivity contribution in [3.63, 3.8) is 0 Å². The fraction of sp³-hybridized carbons (Fsp3) is 0.438. The topological polar surface area (TPSA) is 49.3 Å². The molecule has 1 aromatic rings. The van der Waals surface area contributed by atoms with Gasteiger partial charge in [-0.25, -0.2) is 0 Å². The number of carbonyl (C=O) groups is 1. The van der Waals surface area contributed by atoms with E-state index in [1.807, 2.05) is 36.4 Å². The van der Waals surface area contributed by atoms with E-state index in [2.05, 4.69) is 5.32 Å². The van der Waals surface area contributed by atoms with Gasteiger partial charge in [-0.05, 0) is 24.5 Å². The number of benzene rings is 1. The van der Waals surface area contributed by atoms with Gasteiger partial charge < -0.3 is 10.4 Å². The van der Waals surface area contributed by atoms with Gasteiger partial charge in [0.05, 0.1) is 0 Å². The van der Waals surface area contributed by atoms with E-state index >= 15 is 0 Å². The molecular formula is C16H21NO2. The Morgan fingerprint density at radius 1 is 1.26 bits per heavy atom. The molecule has 3 heteroatoms. The van der Waals surface area contributed by atoms with Crippen LogP contribution < -0.4 is 5.32 Å². The molecule has 0 heterocycles. The highest BCUT2D eigenvalue weighted by molar-refractivity contribution is 5.91. The number of carbonyl (C=O) groups excluding carboxylic acids is 1. The lowest BCUT2D eigenvalue weighted by Gasteiger charge is -2.30. The summed E-state index contributed by atoms with van der Waals surface area (Å²) < 4.78 is 0. The van der Waals surface area contributed by atoms with E-state index in [1.54, 1.807) is 6.08 Å². The van der Waals surface area contributed by atoms with Gasteiger partial charge in [0.15, 0.2) is 0 Å². The number of hydrogen-bond donors (Lipinski definition) is 2. The van der Waals surface area contributed by atoms with Crippen molar-refractivity contribution in [1.29, 1.82) is 0 Å². The van der Waals surface area contributed by atoms with Crippen LogP contribution in [0.25, 0.3) is 6.08 Å². The van der Waals surface area contributed by atoms with E-state index in [4.69, 9.17) is 0 Å². The molecule has 0 spiro atoms. The Bertz CT molecular complexity index is 428. The SMILES string of the molecule is O=C(/C=C/c1ccccc1)NC1CCCCC1CO. The number of aliphatic hydroxyl groups excluding tert-OH is 1. The molecule has 0 radical (unpaired) electrons. The van der Waals surface area contributed by atoms with Gasteiger partial charge in [-0.15, -0.1) is 0 Å². The molecule has 2 rings (SSSR count). The van der Waals surface area contributed by atoms with Gasteiger partial charge in [0, 0.05) is 24.6 Å². The third-order valence-corrected chi connectivity index (χ3v) is 3.70. The van der Waals surface area contributed by atoms with Crippen LogP contribution in [0.4, 0.5) is 0 Å². The summed E-state index contributed by atoms with van der Waals surface area (Å²) in [6.45, 7) is 0.160. The monoisotopic (exact) mass is 259 g/mol. The first-order valence-corrected chi connectivity index (χ1v) is 6.94. The van der Waals surface area contributed by atoms with Crippen molar-refractivity contribution >= 4 is 12.0 Å². The predicted molar refractivity (Wildman–Crippen MR) is 76.5 cm³/mol. The highest BCUT2D eigenvalue weighted by atomic mass is 16.3. The van der Waals surface area contributed by atoms with E-state index in [1.165, 1.54) is 0 Å². The molecule has 1 amide bonds. The zero-order valence-corrected chi connectivity index (χ0v) is 11.1. The molecule has 3 nitrogen and oxygen atoms in total. The second-order valence-corrected chi connectivity index (χ2v) is 5.09. The Balaban J connectivity index is 1.88. The lowest BCUT2D eigenvalue weighted by atomic mass is 9.85. The summed E-state index contributed by atoms with van der Waals surface area (Å²) in [5, 5.41) is 12.3. The first-order chi connectivity index (χ1) is 9.29.